The lowest BCUT2D eigenvalue weighted by molar-refractivity contribution is -0.145. The highest BCUT2D eigenvalue weighted by atomic mass is 16.6. The molecule has 0 radical (unpaired) electrons. The number of carbonyl (C=O) groups excluding carboxylic acids is 1. The van der Waals surface area contributed by atoms with E-state index >= 15 is 0 Å². The van der Waals surface area contributed by atoms with Crippen LogP contribution >= 0.6 is 0 Å². The molecule has 1 aromatic carbocycles. The summed E-state index contributed by atoms with van der Waals surface area (Å²) in [5.74, 6) is 0.257. The Bertz CT molecular complexity index is 371. The molecule has 0 fully saturated rings. The maximum absolute atomic E-state index is 11.6. The van der Waals surface area contributed by atoms with Crippen molar-refractivity contribution in [3.05, 3.63) is 29.3 Å². The van der Waals surface area contributed by atoms with Crippen molar-refractivity contribution in [1.29, 1.82) is 0 Å². The van der Waals surface area contributed by atoms with Gasteiger partial charge in [0.2, 0.25) is 0 Å². The van der Waals surface area contributed by atoms with Gasteiger partial charge < -0.3 is 9.47 Å². The standard InChI is InChI=1S/C13H18O3/c1-5-15-11(4)13(14)16-12-8-6-7-9(2)10(12)3/h6-8,11H,5H2,1-4H3. The number of hydrogen-bond donors (Lipinski definition) is 0. The Kier molecular flexibility index (Phi) is 4.50. The van der Waals surface area contributed by atoms with Crippen molar-refractivity contribution in [2.45, 2.75) is 33.8 Å². The van der Waals surface area contributed by atoms with Crippen LogP contribution in [0.2, 0.25) is 0 Å². The van der Waals surface area contributed by atoms with Crippen LogP contribution in [0.3, 0.4) is 0 Å². The third-order valence-electron chi connectivity index (χ3n) is 2.51. The normalized spacial score (nSPS) is 12.2. The van der Waals surface area contributed by atoms with Gasteiger partial charge in [0.1, 0.15) is 5.75 Å². The second-order valence-electron chi connectivity index (χ2n) is 3.72. The third-order valence-corrected chi connectivity index (χ3v) is 2.51. The number of aryl methyl sites for hydroxylation is 1. The Hall–Kier alpha value is -1.35. The molecule has 1 aromatic rings. The smallest absolute Gasteiger partial charge is 0.340 e. The van der Waals surface area contributed by atoms with Crippen molar-refractivity contribution < 1.29 is 14.3 Å². The van der Waals surface area contributed by atoms with Gasteiger partial charge in [-0.3, -0.25) is 0 Å². The first-order chi connectivity index (χ1) is 7.56. The minimum atomic E-state index is -0.523. The van der Waals surface area contributed by atoms with E-state index < -0.39 is 6.10 Å². The lowest BCUT2D eigenvalue weighted by Gasteiger charge is -2.13. The summed E-state index contributed by atoms with van der Waals surface area (Å²) in [4.78, 5) is 11.6. The topological polar surface area (TPSA) is 35.5 Å². The monoisotopic (exact) mass is 222 g/mol. The number of esters is 1. The third kappa shape index (κ3) is 3.07. The summed E-state index contributed by atoms with van der Waals surface area (Å²) in [5.41, 5.74) is 2.09. The molecular weight excluding hydrogens is 204 g/mol. The van der Waals surface area contributed by atoms with Crippen LogP contribution in [0.15, 0.2) is 18.2 Å². The summed E-state index contributed by atoms with van der Waals surface area (Å²) in [6, 6.07) is 5.65. The summed E-state index contributed by atoms with van der Waals surface area (Å²) >= 11 is 0. The average Bonchev–Trinajstić information content (AvgIpc) is 2.25. The molecule has 3 nitrogen and oxygen atoms in total. The summed E-state index contributed by atoms with van der Waals surface area (Å²) in [6.07, 6.45) is -0.523. The molecule has 0 aromatic heterocycles. The zero-order chi connectivity index (χ0) is 12.1. The molecule has 0 aliphatic rings. The van der Waals surface area contributed by atoms with Crippen LogP contribution in [0.25, 0.3) is 0 Å². The van der Waals surface area contributed by atoms with Gasteiger partial charge in [-0.05, 0) is 44.9 Å². The van der Waals surface area contributed by atoms with E-state index in [4.69, 9.17) is 9.47 Å². The summed E-state index contributed by atoms with van der Waals surface area (Å²) in [6.45, 7) is 7.96. The van der Waals surface area contributed by atoms with Crippen LogP contribution < -0.4 is 4.74 Å². The van der Waals surface area contributed by atoms with Gasteiger partial charge in [0.25, 0.3) is 0 Å². The lowest BCUT2D eigenvalue weighted by Crippen LogP contribution is -2.26. The molecule has 0 saturated heterocycles. The van der Waals surface area contributed by atoms with Gasteiger partial charge in [0.05, 0.1) is 0 Å². The van der Waals surface area contributed by atoms with E-state index in [1.807, 2.05) is 32.9 Å². The minimum absolute atomic E-state index is 0.351. The molecule has 0 saturated carbocycles. The molecule has 0 spiro atoms. The summed E-state index contributed by atoms with van der Waals surface area (Å²) < 4.78 is 10.4. The molecular formula is C13H18O3. The van der Waals surface area contributed by atoms with Gasteiger partial charge >= 0.3 is 5.97 Å². The molecule has 1 atom stereocenters. The highest BCUT2D eigenvalue weighted by Crippen LogP contribution is 2.21. The molecule has 88 valence electrons. The van der Waals surface area contributed by atoms with E-state index in [2.05, 4.69) is 0 Å². The molecule has 0 aliphatic heterocycles. The number of rotatable bonds is 4. The van der Waals surface area contributed by atoms with Gasteiger partial charge in [-0.2, -0.15) is 0 Å². The van der Waals surface area contributed by atoms with E-state index in [0.29, 0.717) is 12.4 Å². The lowest BCUT2D eigenvalue weighted by atomic mass is 10.1. The van der Waals surface area contributed by atoms with Crippen LogP contribution in [0, 0.1) is 13.8 Å². The molecule has 1 unspecified atom stereocenters. The van der Waals surface area contributed by atoms with Crippen LogP contribution in [0.1, 0.15) is 25.0 Å². The summed E-state index contributed by atoms with van der Waals surface area (Å²) in [5, 5.41) is 0. The van der Waals surface area contributed by atoms with E-state index in [-0.39, 0.29) is 5.97 Å². The van der Waals surface area contributed by atoms with Crippen molar-refractivity contribution in [2.75, 3.05) is 6.61 Å². The van der Waals surface area contributed by atoms with Crippen molar-refractivity contribution in [3.63, 3.8) is 0 Å². The van der Waals surface area contributed by atoms with Crippen molar-refractivity contribution in [1.82, 2.24) is 0 Å². The first-order valence-corrected chi connectivity index (χ1v) is 5.45. The Balaban J connectivity index is 2.73. The molecule has 0 N–H and O–H groups in total. The Morgan fingerprint density at radius 3 is 2.69 bits per heavy atom. The fourth-order valence-corrected chi connectivity index (χ4v) is 1.34. The number of benzene rings is 1. The molecule has 1 rings (SSSR count). The fourth-order valence-electron chi connectivity index (χ4n) is 1.34. The maximum Gasteiger partial charge on any atom is 0.340 e. The molecule has 0 bridgehead atoms. The van der Waals surface area contributed by atoms with E-state index in [9.17, 15) is 4.79 Å². The first kappa shape index (κ1) is 12.7. The van der Waals surface area contributed by atoms with Gasteiger partial charge in [0.15, 0.2) is 6.10 Å². The predicted molar refractivity (Wildman–Crippen MR) is 62.6 cm³/mol. The summed E-state index contributed by atoms with van der Waals surface area (Å²) in [7, 11) is 0. The SMILES string of the molecule is CCOC(C)C(=O)Oc1cccc(C)c1C. The van der Waals surface area contributed by atoms with Crippen molar-refractivity contribution in [3.8, 4) is 5.75 Å². The van der Waals surface area contributed by atoms with Crippen LogP contribution in [0.4, 0.5) is 0 Å². The number of ether oxygens (including phenoxy) is 2. The molecule has 0 aliphatic carbocycles. The highest BCUT2D eigenvalue weighted by Gasteiger charge is 2.16. The number of hydrogen-bond acceptors (Lipinski definition) is 3. The van der Waals surface area contributed by atoms with Crippen LogP contribution in [0.5, 0.6) is 5.75 Å². The molecule has 3 heteroatoms. The quantitative estimate of drug-likeness (QED) is 0.580. The Morgan fingerprint density at radius 2 is 2.06 bits per heavy atom. The maximum atomic E-state index is 11.6. The van der Waals surface area contributed by atoms with Gasteiger partial charge in [0, 0.05) is 6.61 Å². The van der Waals surface area contributed by atoms with Gasteiger partial charge in [-0.15, -0.1) is 0 Å². The van der Waals surface area contributed by atoms with E-state index in [1.165, 1.54) is 0 Å². The van der Waals surface area contributed by atoms with Gasteiger partial charge in [-0.25, -0.2) is 4.79 Å². The van der Waals surface area contributed by atoms with E-state index in [0.717, 1.165) is 11.1 Å². The number of carbonyl (C=O) groups is 1. The molecule has 0 heterocycles. The highest BCUT2D eigenvalue weighted by molar-refractivity contribution is 5.77. The van der Waals surface area contributed by atoms with Crippen LogP contribution in [-0.4, -0.2) is 18.7 Å². The largest absolute Gasteiger partial charge is 0.424 e. The first-order valence-electron chi connectivity index (χ1n) is 5.45. The minimum Gasteiger partial charge on any atom is -0.424 e. The van der Waals surface area contributed by atoms with E-state index in [1.54, 1.807) is 13.0 Å². The predicted octanol–water partition coefficient (Wildman–Crippen LogP) is 2.63. The van der Waals surface area contributed by atoms with Gasteiger partial charge in [-0.1, -0.05) is 12.1 Å². The van der Waals surface area contributed by atoms with Crippen molar-refractivity contribution in [2.24, 2.45) is 0 Å². The van der Waals surface area contributed by atoms with Crippen LogP contribution in [-0.2, 0) is 9.53 Å². The van der Waals surface area contributed by atoms with Crippen molar-refractivity contribution >= 4 is 5.97 Å². The Labute approximate surface area is 96.4 Å². The zero-order valence-corrected chi connectivity index (χ0v) is 10.2. The fraction of sp³-hybridized carbons (Fsp3) is 0.462. The molecule has 16 heavy (non-hydrogen) atoms. The zero-order valence-electron chi connectivity index (χ0n) is 10.2. The second-order valence-corrected chi connectivity index (χ2v) is 3.72. The Morgan fingerprint density at radius 1 is 1.38 bits per heavy atom. The average molecular weight is 222 g/mol. The molecule has 0 amide bonds. The second kappa shape index (κ2) is 5.66.